The van der Waals surface area contributed by atoms with Crippen molar-refractivity contribution in [2.24, 2.45) is 0 Å². The fourth-order valence-corrected chi connectivity index (χ4v) is 4.24. The first-order valence-electron chi connectivity index (χ1n) is 8.42. The number of hydrogen-bond donors (Lipinski definition) is 1. The number of sulfonamides is 1. The Morgan fingerprint density at radius 3 is 2.35 bits per heavy atom. The number of hydrogen-bond acceptors (Lipinski definition) is 5. The molecule has 1 heterocycles. The molecule has 0 aliphatic heterocycles. The van der Waals surface area contributed by atoms with E-state index in [-0.39, 0.29) is 21.4 Å². The number of pyridine rings is 1. The molecule has 0 aliphatic rings. The van der Waals surface area contributed by atoms with E-state index in [1.54, 1.807) is 0 Å². The molecule has 164 valence electrons. The highest BCUT2D eigenvalue weighted by molar-refractivity contribution is 7.92. The molecule has 3 aromatic rings. The van der Waals surface area contributed by atoms with Gasteiger partial charge in [0.2, 0.25) is 0 Å². The fourth-order valence-electron chi connectivity index (χ4n) is 2.50. The zero-order valence-electron chi connectivity index (χ0n) is 15.7. The van der Waals surface area contributed by atoms with Gasteiger partial charge in [0, 0.05) is 18.0 Å². The van der Waals surface area contributed by atoms with Gasteiger partial charge in [-0.05, 0) is 53.6 Å². The minimum absolute atomic E-state index is 0.0141. The van der Waals surface area contributed by atoms with E-state index in [2.05, 4.69) is 9.71 Å². The summed E-state index contributed by atoms with van der Waals surface area (Å²) in [5.74, 6) is -0.561. The SMILES string of the molecule is C[S+]([O-])c1ccc(S(=O)(=O)Nc2ccc(Oc3cncc(Cl)c3)c(C(F)(F)F)c2)cc1. The summed E-state index contributed by atoms with van der Waals surface area (Å²) < 4.78 is 84.5. The fraction of sp³-hybridized carbons (Fsp3) is 0.105. The molecule has 3 rings (SSSR count). The van der Waals surface area contributed by atoms with Crippen molar-refractivity contribution >= 4 is 38.5 Å². The molecule has 0 saturated heterocycles. The Labute approximate surface area is 184 Å². The normalized spacial score (nSPS) is 13.0. The Morgan fingerprint density at radius 2 is 1.77 bits per heavy atom. The second kappa shape index (κ2) is 8.95. The van der Waals surface area contributed by atoms with Gasteiger partial charge in [0.1, 0.15) is 23.3 Å². The van der Waals surface area contributed by atoms with Crippen LogP contribution in [-0.4, -0.2) is 24.2 Å². The molecule has 2 aromatic carbocycles. The van der Waals surface area contributed by atoms with Crippen molar-refractivity contribution in [1.29, 1.82) is 0 Å². The third-order valence-corrected chi connectivity index (χ3v) is 6.45. The summed E-state index contributed by atoms with van der Waals surface area (Å²) in [6, 6.07) is 9.20. The molecule has 6 nitrogen and oxygen atoms in total. The predicted octanol–water partition coefficient (Wildman–Crippen LogP) is 5.08. The van der Waals surface area contributed by atoms with E-state index in [0.717, 1.165) is 12.1 Å². The Balaban J connectivity index is 1.91. The maximum Gasteiger partial charge on any atom is 0.420 e. The average molecular weight is 491 g/mol. The van der Waals surface area contributed by atoms with Gasteiger partial charge in [-0.3, -0.25) is 9.71 Å². The summed E-state index contributed by atoms with van der Waals surface area (Å²) in [5.41, 5.74) is -1.50. The molecule has 1 unspecified atom stereocenters. The summed E-state index contributed by atoms with van der Waals surface area (Å²) in [7, 11) is -4.18. The van der Waals surface area contributed by atoms with E-state index >= 15 is 0 Å². The van der Waals surface area contributed by atoms with Gasteiger partial charge in [0.15, 0.2) is 4.90 Å². The van der Waals surface area contributed by atoms with E-state index in [0.29, 0.717) is 11.0 Å². The van der Waals surface area contributed by atoms with Crippen molar-refractivity contribution in [3.63, 3.8) is 0 Å². The number of benzene rings is 2. The van der Waals surface area contributed by atoms with Crippen LogP contribution in [-0.2, 0) is 27.4 Å². The number of nitrogens with zero attached hydrogens (tertiary/aromatic N) is 1. The number of ether oxygens (including phenoxy) is 1. The van der Waals surface area contributed by atoms with Crippen LogP contribution in [0, 0.1) is 0 Å². The molecule has 0 saturated carbocycles. The van der Waals surface area contributed by atoms with Crippen molar-refractivity contribution in [2.75, 3.05) is 11.0 Å². The summed E-state index contributed by atoms with van der Waals surface area (Å²) in [5, 5.41) is 0.174. The van der Waals surface area contributed by atoms with Crippen LogP contribution in [0.1, 0.15) is 5.56 Å². The van der Waals surface area contributed by atoms with Gasteiger partial charge in [-0.2, -0.15) is 13.2 Å². The minimum atomic E-state index is -4.82. The smallest absolute Gasteiger partial charge is 0.420 e. The van der Waals surface area contributed by atoms with Crippen molar-refractivity contribution in [3.05, 3.63) is 71.5 Å². The lowest BCUT2D eigenvalue weighted by molar-refractivity contribution is -0.138. The molecular weight excluding hydrogens is 477 g/mol. The van der Waals surface area contributed by atoms with Gasteiger partial charge < -0.3 is 9.29 Å². The summed E-state index contributed by atoms with van der Waals surface area (Å²) in [6.07, 6.45) is -0.906. The van der Waals surface area contributed by atoms with Gasteiger partial charge in [-0.15, -0.1) is 0 Å². The van der Waals surface area contributed by atoms with Crippen LogP contribution in [0.2, 0.25) is 5.02 Å². The molecule has 1 N–H and O–H groups in total. The van der Waals surface area contributed by atoms with Crippen molar-refractivity contribution < 1.29 is 30.9 Å². The number of halogens is 4. The van der Waals surface area contributed by atoms with Gasteiger partial charge in [-0.25, -0.2) is 8.42 Å². The number of nitrogens with one attached hydrogen (secondary N) is 1. The zero-order chi connectivity index (χ0) is 22.8. The van der Waals surface area contributed by atoms with E-state index in [4.69, 9.17) is 16.3 Å². The Hall–Kier alpha value is -2.47. The largest absolute Gasteiger partial charge is 0.612 e. The first-order chi connectivity index (χ1) is 14.5. The molecule has 0 bridgehead atoms. The molecular formula is C19H14ClF3N2O4S2. The maximum absolute atomic E-state index is 13.6. The lowest BCUT2D eigenvalue weighted by Crippen LogP contribution is -2.14. The van der Waals surface area contributed by atoms with Crippen LogP contribution in [0.5, 0.6) is 11.5 Å². The topological polar surface area (TPSA) is 91.3 Å². The monoisotopic (exact) mass is 490 g/mol. The average Bonchev–Trinajstić information content (AvgIpc) is 2.68. The van der Waals surface area contributed by atoms with Crippen LogP contribution in [0.3, 0.4) is 0 Å². The molecule has 0 aliphatic carbocycles. The first-order valence-corrected chi connectivity index (χ1v) is 11.8. The third-order valence-electron chi connectivity index (χ3n) is 3.91. The second-order valence-corrected chi connectivity index (χ2v) is 9.68. The standard InChI is InChI=1S/C19H14ClF3N2O4S2/c1-30(26)15-3-5-16(6-4-15)31(27,28)25-13-2-7-18(17(9-13)19(21,22)23)29-14-8-12(20)10-24-11-14/h2-11,25H,1H3. The quantitative estimate of drug-likeness (QED) is 0.486. The van der Waals surface area contributed by atoms with Gasteiger partial charge in [0.25, 0.3) is 10.0 Å². The second-order valence-electron chi connectivity index (χ2n) is 6.18. The van der Waals surface area contributed by atoms with Crippen molar-refractivity contribution in [3.8, 4) is 11.5 Å². The van der Waals surface area contributed by atoms with Crippen molar-refractivity contribution in [2.45, 2.75) is 16.0 Å². The number of rotatable bonds is 6. The Bertz CT molecular complexity index is 1190. The molecule has 1 atom stereocenters. The predicted molar refractivity (Wildman–Crippen MR) is 110 cm³/mol. The summed E-state index contributed by atoms with van der Waals surface area (Å²) in [6.45, 7) is 0. The van der Waals surface area contributed by atoms with Gasteiger partial charge >= 0.3 is 6.18 Å². The Kier molecular flexibility index (Phi) is 6.70. The molecule has 0 spiro atoms. The number of aromatic nitrogens is 1. The highest BCUT2D eigenvalue weighted by Crippen LogP contribution is 2.40. The molecule has 0 fully saturated rings. The van der Waals surface area contributed by atoms with Gasteiger partial charge in [0.05, 0.1) is 16.1 Å². The van der Waals surface area contributed by atoms with Gasteiger partial charge in [-0.1, -0.05) is 11.6 Å². The van der Waals surface area contributed by atoms with E-state index in [1.807, 2.05) is 0 Å². The molecule has 0 amide bonds. The third kappa shape index (κ3) is 5.82. The number of alkyl halides is 3. The molecule has 1 aromatic heterocycles. The number of anilines is 1. The lowest BCUT2D eigenvalue weighted by Gasteiger charge is -2.16. The maximum atomic E-state index is 13.6. The van der Waals surface area contributed by atoms with Crippen LogP contribution in [0.25, 0.3) is 0 Å². The van der Waals surface area contributed by atoms with E-state index in [1.165, 1.54) is 49.0 Å². The highest BCUT2D eigenvalue weighted by atomic mass is 35.5. The Morgan fingerprint density at radius 1 is 1.10 bits per heavy atom. The van der Waals surface area contributed by atoms with Crippen LogP contribution >= 0.6 is 11.6 Å². The highest BCUT2D eigenvalue weighted by Gasteiger charge is 2.35. The summed E-state index contributed by atoms with van der Waals surface area (Å²) >= 11 is 4.46. The zero-order valence-corrected chi connectivity index (χ0v) is 18.1. The van der Waals surface area contributed by atoms with Crippen LogP contribution in [0.15, 0.2) is 70.7 Å². The summed E-state index contributed by atoms with van der Waals surface area (Å²) in [4.78, 5) is 3.96. The van der Waals surface area contributed by atoms with Crippen molar-refractivity contribution in [1.82, 2.24) is 4.98 Å². The van der Waals surface area contributed by atoms with E-state index in [9.17, 15) is 26.1 Å². The molecule has 31 heavy (non-hydrogen) atoms. The van der Waals surface area contributed by atoms with E-state index < -0.39 is 38.7 Å². The molecule has 12 heteroatoms. The lowest BCUT2D eigenvalue weighted by atomic mass is 10.1. The molecule has 0 radical (unpaired) electrons. The van der Waals surface area contributed by atoms with Crippen LogP contribution in [0.4, 0.5) is 18.9 Å². The minimum Gasteiger partial charge on any atom is -0.612 e. The van der Waals surface area contributed by atoms with Crippen LogP contribution < -0.4 is 9.46 Å². The first kappa shape index (κ1) is 23.2.